The molecule has 0 bridgehead atoms. The zero-order valence-corrected chi connectivity index (χ0v) is 10.2. The van der Waals surface area contributed by atoms with Crippen molar-refractivity contribution < 1.29 is 9.59 Å². The van der Waals surface area contributed by atoms with Gasteiger partial charge in [-0.2, -0.15) is 0 Å². The molecule has 1 saturated heterocycles. The van der Waals surface area contributed by atoms with Gasteiger partial charge in [-0.25, -0.2) is 0 Å². The van der Waals surface area contributed by atoms with Gasteiger partial charge in [0.1, 0.15) is 6.29 Å². The highest BCUT2D eigenvalue weighted by atomic mass is 16.2. The number of amides is 1. The molecular weight excluding hydrogens is 228 g/mol. The highest BCUT2D eigenvalue weighted by Crippen LogP contribution is 2.14. The number of aldehydes is 1. The minimum absolute atomic E-state index is 0.00275. The third-order valence-electron chi connectivity index (χ3n) is 3.09. The zero-order chi connectivity index (χ0) is 12.8. The average Bonchev–Trinajstić information content (AvgIpc) is 2.46. The van der Waals surface area contributed by atoms with Crippen molar-refractivity contribution in [1.29, 1.82) is 0 Å². The minimum atomic E-state index is -0.0293. The Labute approximate surface area is 106 Å². The van der Waals surface area contributed by atoms with Crippen LogP contribution in [0.2, 0.25) is 0 Å². The van der Waals surface area contributed by atoms with E-state index < -0.39 is 0 Å². The molecule has 1 fully saturated rings. The minimum Gasteiger partial charge on any atom is -0.338 e. The van der Waals surface area contributed by atoms with E-state index in [1.807, 2.05) is 12.1 Å². The van der Waals surface area contributed by atoms with Gasteiger partial charge in [0.15, 0.2) is 0 Å². The van der Waals surface area contributed by atoms with Crippen molar-refractivity contribution in [2.75, 3.05) is 13.1 Å². The number of hydrogen-bond acceptors (Lipinski definition) is 3. The van der Waals surface area contributed by atoms with Crippen LogP contribution >= 0.6 is 0 Å². The van der Waals surface area contributed by atoms with E-state index in [1.165, 1.54) is 0 Å². The van der Waals surface area contributed by atoms with E-state index in [9.17, 15) is 9.59 Å². The van der Waals surface area contributed by atoms with Crippen LogP contribution in [0.4, 0.5) is 0 Å². The van der Waals surface area contributed by atoms with E-state index in [2.05, 4.69) is 4.98 Å². The van der Waals surface area contributed by atoms with Crippen LogP contribution in [0.5, 0.6) is 0 Å². The standard InChI is InChI=1S/C14H16N2O2/c17-11-13-2-1-9-16(10-13)14(18)4-3-12-5-7-15-8-6-12/h3-8,11,13H,1-2,9-10H2/b4-3+. The fraction of sp³-hybridized carbons (Fsp3) is 0.357. The van der Waals surface area contributed by atoms with Gasteiger partial charge in [0.05, 0.1) is 0 Å². The van der Waals surface area contributed by atoms with Crippen LogP contribution in [0.1, 0.15) is 18.4 Å². The summed E-state index contributed by atoms with van der Waals surface area (Å²) in [5.74, 6) is -0.0320. The van der Waals surface area contributed by atoms with Crippen LogP contribution in [0.3, 0.4) is 0 Å². The number of rotatable bonds is 3. The number of aromatic nitrogens is 1. The molecule has 0 spiro atoms. The van der Waals surface area contributed by atoms with E-state index >= 15 is 0 Å². The SMILES string of the molecule is O=CC1CCCN(C(=O)/C=C/c2ccncc2)C1. The largest absolute Gasteiger partial charge is 0.338 e. The molecule has 1 atom stereocenters. The monoisotopic (exact) mass is 244 g/mol. The molecule has 0 N–H and O–H groups in total. The van der Waals surface area contributed by atoms with E-state index in [4.69, 9.17) is 0 Å². The highest BCUT2D eigenvalue weighted by molar-refractivity contribution is 5.92. The molecule has 2 heterocycles. The Balaban J connectivity index is 1.95. The van der Waals surface area contributed by atoms with Crippen molar-refractivity contribution >= 4 is 18.3 Å². The number of carbonyl (C=O) groups is 2. The first kappa shape index (κ1) is 12.5. The van der Waals surface area contributed by atoms with Crippen molar-refractivity contribution in [3.63, 3.8) is 0 Å². The lowest BCUT2D eigenvalue weighted by Crippen LogP contribution is -2.39. The molecule has 1 unspecified atom stereocenters. The van der Waals surface area contributed by atoms with Gasteiger partial charge in [-0.15, -0.1) is 0 Å². The normalized spacial score (nSPS) is 20.0. The van der Waals surface area contributed by atoms with E-state index in [-0.39, 0.29) is 11.8 Å². The Hall–Kier alpha value is -1.97. The first-order chi connectivity index (χ1) is 8.79. The topological polar surface area (TPSA) is 50.3 Å². The molecule has 1 aliphatic heterocycles. The summed E-state index contributed by atoms with van der Waals surface area (Å²) in [4.78, 5) is 28.3. The van der Waals surface area contributed by atoms with Crippen molar-refractivity contribution in [2.24, 2.45) is 5.92 Å². The maximum atomic E-state index is 11.9. The summed E-state index contributed by atoms with van der Waals surface area (Å²) >= 11 is 0. The zero-order valence-electron chi connectivity index (χ0n) is 10.2. The van der Waals surface area contributed by atoms with E-state index in [0.717, 1.165) is 31.2 Å². The second kappa shape index (κ2) is 6.10. The Kier molecular flexibility index (Phi) is 4.23. The van der Waals surface area contributed by atoms with Crippen LogP contribution < -0.4 is 0 Å². The lowest BCUT2D eigenvalue weighted by atomic mass is 10.00. The fourth-order valence-electron chi connectivity index (χ4n) is 2.07. The molecule has 1 amide bonds. The molecular formula is C14H16N2O2. The lowest BCUT2D eigenvalue weighted by molar-refractivity contribution is -0.128. The maximum absolute atomic E-state index is 11.9. The Morgan fingerprint density at radius 3 is 2.89 bits per heavy atom. The van der Waals surface area contributed by atoms with Gasteiger partial charge in [-0.3, -0.25) is 9.78 Å². The van der Waals surface area contributed by atoms with Gasteiger partial charge in [-0.05, 0) is 36.6 Å². The number of pyridine rings is 1. The predicted molar refractivity (Wildman–Crippen MR) is 68.6 cm³/mol. The van der Waals surface area contributed by atoms with Gasteiger partial charge >= 0.3 is 0 Å². The fourth-order valence-corrected chi connectivity index (χ4v) is 2.07. The summed E-state index contributed by atoms with van der Waals surface area (Å²) in [5.41, 5.74) is 0.947. The van der Waals surface area contributed by atoms with Gasteiger partial charge in [-0.1, -0.05) is 0 Å². The Morgan fingerprint density at radius 2 is 2.17 bits per heavy atom. The smallest absolute Gasteiger partial charge is 0.246 e. The van der Waals surface area contributed by atoms with Crippen LogP contribution in [0.15, 0.2) is 30.6 Å². The molecule has 2 rings (SSSR count). The molecule has 4 nitrogen and oxygen atoms in total. The summed E-state index contributed by atoms with van der Waals surface area (Å²) in [5, 5.41) is 0. The van der Waals surface area contributed by atoms with E-state index in [1.54, 1.807) is 29.4 Å². The molecule has 0 saturated carbocycles. The third-order valence-corrected chi connectivity index (χ3v) is 3.09. The van der Waals surface area contributed by atoms with Crippen LogP contribution in [-0.2, 0) is 9.59 Å². The van der Waals surface area contributed by atoms with Crippen molar-refractivity contribution in [1.82, 2.24) is 9.88 Å². The van der Waals surface area contributed by atoms with Crippen LogP contribution in [-0.4, -0.2) is 35.2 Å². The van der Waals surface area contributed by atoms with Crippen LogP contribution in [0.25, 0.3) is 6.08 Å². The summed E-state index contributed by atoms with van der Waals surface area (Å²) < 4.78 is 0. The molecule has 0 radical (unpaired) electrons. The molecule has 18 heavy (non-hydrogen) atoms. The summed E-state index contributed by atoms with van der Waals surface area (Å²) in [6.45, 7) is 1.28. The Bertz CT molecular complexity index is 442. The summed E-state index contributed by atoms with van der Waals surface area (Å²) in [7, 11) is 0. The molecule has 1 aromatic heterocycles. The summed E-state index contributed by atoms with van der Waals surface area (Å²) in [6, 6.07) is 3.68. The average molecular weight is 244 g/mol. The van der Waals surface area contributed by atoms with Crippen molar-refractivity contribution in [3.05, 3.63) is 36.2 Å². The van der Waals surface area contributed by atoms with Crippen LogP contribution in [0, 0.1) is 5.92 Å². The van der Waals surface area contributed by atoms with Crippen molar-refractivity contribution in [3.8, 4) is 0 Å². The van der Waals surface area contributed by atoms with Gasteiger partial charge in [0, 0.05) is 37.5 Å². The van der Waals surface area contributed by atoms with E-state index in [0.29, 0.717) is 6.54 Å². The molecule has 1 aliphatic rings. The third kappa shape index (κ3) is 3.26. The molecule has 0 aromatic carbocycles. The molecule has 4 heteroatoms. The summed E-state index contributed by atoms with van der Waals surface area (Å²) in [6.07, 6.45) is 9.45. The number of hydrogen-bond donors (Lipinski definition) is 0. The Morgan fingerprint density at radius 1 is 1.39 bits per heavy atom. The van der Waals surface area contributed by atoms with Gasteiger partial charge in [0.2, 0.25) is 5.91 Å². The maximum Gasteiger partial charge on any atom is 0.246 e. The molecule has 1 aromatic rings. The molecule has 0 aliphatic carbocycles. The highest BCUT2D eigenvalue weighted by Gasteiger charge is 2.21. The second-order valence-electron chi connectivity index (χ2n) is 4.44. The molecule has 94 valence electrons. The van der Waals surface area contributed by atoms with Gasteiger partial charge < -0.3 is 9.69 Å². The number of nitrogens with zero attached hydrogens (tertiary/aromatic N) is 2. The predicted octanol–water partition coefficient (Wildman–Crippen LogP) is 1.53. The number of carbonyl (C=O) groups excluding carboxylic acids is 2. The first-order valence-electron chi connectivity index (χ1n) is 6.12. The quantitative estimate of drug-likeness (QED) is 0.598. The van der Waals surface area contributed by atoms with Gasteiger partial charge in [0.25, 0.3) is 0 Å². The van der Waals surface area contributed by atoms with Crippen molar-refractivity contribution in [2.45, 2.75) is 12.8 Å². The number of likely N-dealkylation sites (tertiary alicyclic amines) is 1. The first-order valence-corrected chi connectivity index (χ1v) is 6.12. The lowest BCUT2D eigenvalue weighted by Gasteiger charge is -2.29. The second-order valence-corrected chi connectivity index (χ2v) is 4.44. The number of piperidine rings is 1.